The molecule has 0 heterocycles. The van der Waals surface area contributed by atoms with Gasteiger partial charge in [0.1, 0.15) is 0 Å². The van der Waals surface area contributed by atoms with Gasteiger partial charge in [-0.15, -0.1) is 0 Å². The molecule has 1 amide bonds. The summed E-state index contributed by atoms with van der Waals surface area (Å²) >= 11 is 0. The Morgan fingerprint density at radius 3 is 2.14 bits per heavy atom. The Balaban J connectivity index is 2.70. The molecule has 2 aromatic carbocycles. The van der Waals surface area contributed by atoms with Crippen LogP contribution < -0.4 is 4.90 Å². The molecule has 0 fully saturated rings. The van der Waals surface area contributed by atoms with E-state index in [1.807, 2.05) is 55.5 Å². The van der Waals surface area contributed by atoms with Gasteiger partial charge in [0, 0.05) is 0 Å². The number of carboxylic acid groups (broad SMARTS) is 1. The lowest BCUT2D eigenvalue weighted by Gasteiger charge is -2.30. The number of anilines is 2. The lowest BCUT2D eigenvalue weighted by Crippen LogP contribution is -2.28. The van der Waals surface area contributed by atoms with E-state index in [0.29, 0.717) is 5.69 Å². The van der Waals surface area contributed by atoms with Gasteiger partial charge in [-0.1, -0.05) is 57.2 Å². The lowest BCUT2D eigenvalue weighted by atomic mass is 9.84. The van der Waals surface area contributed by atoms with Crippen molar-refractivity contribution in [3.05, 3.63) is 59.7 Å². The standard InChI is InChI=1S/C18H21NO2/c1-13-9-8-12-15(18(2,3)4)16(13)19(17(20)21)14-10-6-5-7-11-14/h5-12H,1-4H3,(H,20,21). The van der Waals surface area contributed by atoms with Crippen molar-refractivity contribution in [2.75, 3.05) is 4.90 Å². The van der Waals surface area contributed by atoms with Crippen LogP contribution in [0.4, 0.5) is 16.2 Å². The Kier molecular flexibility index (Phi) is 4.03. The summed E-state index contributed by atoms with van der Waals surface area (Å²) in [6.07, 6.45) is -0.971. The summed E-state index contributed by atoms with van der Waals surface area (Å²) in [4.78, 5) is 13.2. The van der Waals surface area contributed by atoms with Crippen LogP contribution in [0.5, 0.6) is 0 Å². The van der Waals surface area contributed by atoms with Crippen molar-refractivity contribution in [2.45, 2.75) is 33.1 Å². The molecule has 2 aromatic rings. The second-order valence-corrected chi connectivity index (χ2v) is 6.17. The van der Waals surface area contributed by atoms with E-state index in [1.165, 1.54) is 4.90 Å². The third-order valence-corrected chi connectivity index (χ3v) is 3.48. The van der Waals surface area contributed by atoms with Gasteiger partial charge in [0.2, 0.25) is 0 Å². The first-order valence-corrected chi connectivity index (χ1v) is 7.00. The van der Waals surface area contributed by atoms with Gasteiger partial charge in [-0.2, -0.15) is 0 Å². The van der Waals surface area contributed by atoms with Gasteiger partial charge in [0.05, 0.1) is 11.4 Å². The van der Waals surface area contributed by atoms with Crippen LogP contribution >= 0.6 is 0 Å². The van der Waals surface area contributed by atoms with E-state index < -0.39 is 6.09 Å². The Morgan fingerprint density at radius 2 is 1.62 bits per heavy atom. The topological polar surface area (TPSA) is 40.5 Å². The summed E-state index contributed by atoms with van der Waals surface area (Å²) in [5, 5.41) is 9.72. The molecule has 3 nitrogen and oxygen atoms in total. The van der Waals surface area contributed by atoms with E-state index in [1.54, 1.807) is 0 Å². The maximum absolute atomic E-state index is 11.9. The van der Waals surface area contributed by atoms with Gasteiger partial charge in [-0.25, -0.2) is 9.69 Å². The van der Waals surface area contributed by atoms with Crippen LogP contribution in [0.25, 0.3) is 0 Å². The highest BCUT2D eigenvalue weighted by Gasteiger charge is 2.26. The van der Waals surface area contributed by atoms with Crippen LogP contribution in [0.1, 0.15) is 31.9 Å². The molecule has 0 radical (unpaired) electrons. The molecule has 0 bridgehead atoms. The molecule has 0 saturated carbocycles. The first kappa shape index (κ1) is 15.1. The predicted octanol–water partition coefficient (Wildman–Crippen LogP) is 5.11. The van der Waals surface area contributed by atoms with Crippen molar-refractivity contribution in [1.29, 1.82) is 0 Å². The summed E-state index contributed by atoms with van der Waals surface area (Å²) in [5.74, 6) is 0. The van der Waals surface area contributed by atoms with E-state index in [2.05, 4.69) is 20.8 Å². The molecule has 0 saturated heterocycles. The van der Waals surface area contributed by atoms with Crippen LogP contribution in [0.15, 0.2) is 48.5 Å². The molecule has 0 aromatic heterocycles. The number of carbonyl (C=O) groups is 1. The zero-order valence-corrected chi connectivity index (χ0v) is 12.9. The van der Waals surface area contributed by atoms with E-state index in [9.17, 15) is 9.90 Å². The van der Waals surface area contributed by atoms with E-state index in [0.717, 1.165) is 16.8 Å². The molecule has 0 aliphatic heterocycles. The van der Waals surface area contributed by atoms with E-state index >= 15 is 0 Å². The quantitative estimate of drug-likeness (QED) is 0.832. The van der Waals surface area contributed by atoms with Gasteiger partial charge < -0.3 is 5.11 Å². The lowest BCUT2D eigenvalue weighted by molar-refractivity contribution is 0.204. The highest BCUT2D eigenvalue weighted by atomic mass is 16.4. The average Bonchev–Trinajstić information content (AvgIpc) is 2.40. The Labute approximate surface area is 125 Å². The van der Waals surface area contributed by atoms with E-state index in [-0.39, 0.29) is 5.41 Å². The van der Waals surface area contributed by atoms with Crippen molar-refractivity contribution in [3.8, 4) is 0 Å². The van der Waals surface area contributed by atoms with Crippen molar-refractivity contribution in [3.63, 3.8) is 0 Å². The number of amides is 1. The Morgan fingerprint density at radius 1 is 1.00 bits per heavy atom. The summed E-state index contributed by atoms with van der Waals surface area (Å²) in [6.45, 7) is 8.23. The van der Waals surface area contributed by atoms with Crippen molar-refractivity contribution in [1.82, 2.24) is 0 Å². The first-order valence-electron chi connectivity index (χ1n) is 7.00. The second kappa shape index (κ2) is 5.60. The molecular formula is C18H21NO2. The Hall–Kier alpha value is -2.29. The third-order valence-electron chi connectivity index (χ3n) is 3.48. The molecule has 2 rings (SSSR count). The average molecular weight is 283 g/mol. The minimum Gasteiger partial charge on any atom is -0.464 e. The molecule has 0 aliphatic rings. The van der Waals surface area contributed by atoms with Crippen LogP contribution in [0.3, 0.4) is 0 Å². The number of rotatable bonds is 2. The number of hydrogen-bond donors (Lipinski definition) is 1. The first-order chi connectivity index (χ1) is 9.82. The van der Waals surface area contributed by atoms with Gasteiger partial charge >= 0.3 is 6.09 Å². The summed E-state index contributed by atoms with van der Waals surface area (Å²) in [7, 11) is 0. The number of aryl methyl sites for hydroxylation is 1. The zero-order valence-electron chi connectivity index (χ0n) is 12.9. The fourth-order valence-corrected chi connectivity index (χ4v) is 2.47. The highest BCUT2D eigenvalue weighted by Crippen LogP contribution is 2.38. The molecule has 1 N–H and O–H groups in total. The van der Waals surface area contributed by atoms with Gasteiger partial charge in [-0.3, -0.25) is 0 Å². The zero-order chi connectivity index (χ0) is 15.6. The molecule has 110 valence electrons. The highest BCUT2D eigenvalue weighted by molar-refractivity contribution is 5.96. The van der Waals surface area contributed by atoms with Gasteiger partial charge in [0.25, 0.3) is 0 Å². The maximum Gasteiger partial charge on any atom is 0.416 e. The SMILES string of the molecule is Cc1cccc(C(C)(C)C)c1N(C(=O)O)c1ccccc1. The van der Waals surface area contributed by atoms with Crippen LogP contribution in [-0.4, -0.2) is 11.2 Å². The van der Waals surface area contributed by atoms with Crippen LogP contribution in [-0.2, 0) is 5.41 Å². The fraction of sp³-hybridized carbons (Fsp3) is 0.278. The van der Waals surface area contributed by atoms with Crippen molar-refractivity contribution < 1.29 is 9.90 Å². The molecule has 21 heavy (non-hydrogen) atoms. The molecule has 0 spiro atoms. The Bertz CT molecular complexity index is 642. The summed E-state index contributed by atoms with van der Waals surface area (Å²) < 4.78 is 0. The van der Waals surface area contributed by atoms with Crippen molar-refractivity contribution >= 4 is 17.5 Å². The number of hydrogen-bond acceptors (Lipinski definition) is 1. The van der Waals surface area contributed by atoms with Gasteiger partial charge in [0.15, 0.2) is 0 Å². The van der Waals surface area contributed by atoms with Crippen LogP contribution in [0, 0.1) is 6.92 Å². The second-order valence-electron chi connectivity index (χ2n) is 6.17. The largest absolute Gasteiger partial charge is 0.464 e. The number of benzene rings is 2. The monoisotopic (exact) mass is 283 g/mol. The number of para-hydroxylation sites is 2. The fourth-order valence-electron chi connectivity index (χ4n) is 2.47. The predicted molar refractivity (Wildman–Crippen MR) is 86.5 cm³/mol. The van der Waals surface area contributed by atoms with Crippen LogP contribution in [0.2, 0.25) is 0 Å². The maximum atomic E-state index is 11.9. The van der Waals surface area contributed by atoms with Gasteiger partial charge in [-0.05, 0) is 35.6 Å². The molecule has 0 atom stereocenters. The normalized spacial score (nSPS) is 11.2. The summed E-state index contributed by atoms with van der Waals surface area (Å²) in [6, 6.07) is 15.1. The number of nitrogens with zero attached hydrogens (tertiary/aromatic N) is 1. The molecule has 0 aliphatic carbocycles. The molecular weight excluding hydrogens is 262 g/mol. The van der Waals surface area contributed by atoms with E-state index in [4.69, 9.17) is 0 Å². The smallest absolute Gasteiger partial charge is 0.416 e. The minimum absolute atomic E-state index is 0.135. The summed E-state index contributed by atoms with van der Waals surface area (Å²) in [5.41, 5.74) is 3.25. The molecule has 3 heteroatoms. The molecule has 0 unspecified atom stereocenters. The van der Waals surface area contributed by atoms with Crippen molar-refractivity contribution in [2.24, 2.45) is 0 Å². The third kappa shape index (κ3) is 3.07. The minimum atomic E-state index is -0.971.